The highest BCUT2D eigenvalue weighted by molar-refractivity contribution is 6.45. The van der Waals surface area contributed by atoms with Crippen LogP contribution in [0.15, 0.2) is 4.99 Å². The van der Waals surface area contributed by atoms with E-state index in [9.17, 15) is 4.79 Å². The molecule has 0 unspecified atom stereocenters. The number of nitrogens with zero attached hydrogens (tertiary/aromatic N) is 1. The Morgan fingerprint density at radius 1 is 1.33 bits per heavy atom. The van der Waals surface area contributed by atoms with Gasteiger partial charge in [0, 0.05) is 17.4 Å². The molecule has 0 N–H and O–H groups in total. The zero-order chi connectivity index (χ0) is 11.4. The van der Waals surface area contributed by atoms with Crippen molar-refractivity contribution in [2.75, 3.05) is 0 Å². The predicted octanol–water partition coefficient (Wildman–Crippen LogP) is 2.86. The van der Waals surface area contributed by atoms with Crippen LogP contribution in [0.3, 0.4) is 0 Å². The molecule has 0 radical (unpaired) electrons. The Morgan fingerprint density at radius 2 is 1.93 bits per heavy atom. The van der Waals surface area contributed by atoms with Gasteiger partial charge in [0.05, 0.1) is 5.71 Å². The molecule has 0 aliphatic heterocycles. The van der Waals surface area contributed by atoms with Crippen LogP contribution in [0.2, 0.25) is 0 Å². The molecule has 0 spiro atoms. The largest absolute Gasteiger partial charge is 0.292 e. The van der Waals surface area contributed by atoms with E-state index >= 15 is 0 Å². The van der Waals surface area contributed by atoms with E-state index in [4.69, 9.17) is 0 Å². The molecule has 0 aromatic heterocycles. The van der Waals surface area contributed by atoms with E-state index in [1.165, 1.54) is 0 Å². The van der Waals surface area contributed by atoms with Crippen LogP contribution in [0.5, 0.6) is 0 Å². The number of aliphatic imine (C=N–C) groups is 1. The van der Waals surface area contributed by atoms with Gasteiger partial charge in [-0.25, -0.2) is 0 Å². The molecular formula is C13H21NO. The van der Waals surface area contributed by atoms with Crippen LogP contribution in [0.4, 0.5) is 0 Å². The van der Waals surface area contributed by atoms with Crippen molar-refractivity contribution in [3.63, 3.8) is 0 Å². The van der Waals surface area contributed by atoms with Crippen molar-refractivity contribution in [1.82, 2.24) is 0 Å². The van der Waals surface area contributed by atoms with Gasteiger partial charge in [-0.2, -0.15) is 0 Å². The summed E-state index contributed by atoms with van der Waals surface area (Å²) in [5.74, 6) is 0.717. The Labute approximate surface area is 92.2 Å². The summed E-state index contributed by atoms with van der Waals surface area (Å²) in [5.41, 5.74) is 0.840. The van der Waals surface area contributed by atoms with Crippen molar-refractivity contribution in [3.8, 4) is 0 Å². The van der Waals surface area contributed by atoms with E-state index in [1.54, 1.807) is 0 Å². The van der Waals surface area contributed by atoms with Gasteiger partial charge in [0.2, 0.25) is 0 Å². The van der Waals surface area contributed by atoms with Gasteiger partial charge in [0.15, 0.2) is 5.78 Å². The molecule has 2 saturated carbocycles. The predicted molar refractivity (Wildman–Crippen MR) is 62.2 cm³/mol. The normalized spacial score (nSPS) is 40.8. The van der Waals surface area contributed by atoms with Crippen LogP contribution in [-0.4, -0.2) is 17.5 Å². The summed E-state index contributed by atoms with van der Waals surface area (Å²) >= 11 is 0. The van der Waals surface area contributed by atoms with Gasteiger partial charge in [-0.1, -0.05) is 20.8 Å². The van der Waals surface area contributed by atoms with Crippen molar-refractivity contribution >= 4 is 11.5 Å². The first-order chi connectivity index (χ1) is 6.80. The fraction of sp³-hybridized carbons (Fsp3) is 0.846. The van der Waals surface area contributed by atoms with E-state index in [2.05, 4.69) is 25.8 Å². The zero-order valence-corrected chi connectivity index (χ0v) is 10.4. The Balaban J connectivity index is 2.47. The lowest BCUT2D eigenvalue weighted by Crippen LogP contribution is -2.33. The second-order valence-electron chi connectivity index (χ2n) is 6.08. The molecule has 0 aromatic rings. The first-order valence-corrected chi connectivity index (χ1v) is 5.93. The molecule has 84 valence electrons. The third-order valence-electron chi connectivity index (χ3n) is 4.69. The second-order valence-corrected chi connectivity index (χ2v) is 6.08. The third-order valence-corrected chi connectivity index (χ3v) is 4.69. The smallest absolute Gasteiger partial charge is 0.183 e. The fourth-order valence-corrected chi connectivity index (χ4v) is 3.25. The fourth-order valence-electron chi connectivity index (χ4n) is 3.25. The summed E-state index contributed by atoms with van der Waals surface area (Å²) < 4.78 is 0. The molecular weight excluding hydrogens is 186 g/mol. The maximum absolute atomic E-state index is 12.3. The lowest BCUT2D eigenvalue weighted by Gasteiger charge is -2.31. The Kier molecular flexibility index (Phi) is 2.12. The third kappa shape index (κ3) is 1.17. The van der Waals surface area contributed by atoms with Crippen LogP contribution in [0, 0.1) is 16.7 Å². The van der Waals surface area contributed by atoms with E-state index in [0.29, 0.717) is 11.7 Å². The molecule has 2 heteroatoms. The second kappa shape index (κ2) is 2.93. The van der Waals surface area contributed by atoms with Gasteiger partial charge in [-0.3, -0.25) is 9.79 Å². The molecule has 2 aliphatic carbocycles. The Hall–Kier alpha value is -0.660. The summed E-state index contributed by atoms with van der Waals surface area (Å²) in [6.45, 7) is 10.7. The number of rotatable bonds is 1. The Bertz CT molecular complexity index is 340. The average Bonchev–Trinajstić information content (AvgIpc) is 2.40. The molecule has 2 fully saturated rings. The monoisotopic (exact) mass is 207 g/mol. The van der Waals surface area contributed by atoms with Crippen molar-refractivity contribution in [3.05, 3.63) is 0 Å². The molecule has 2 bridgehead atoms. The number of Topliss-reactive ketones (excluding diaryl/α,β-unsaturated/α-hetero) is 1. The molecule has 2 aliphatic rings. The summed E-state index contributed by atoms with van der Waals surface area (Å²) in [5, 5.41) is 0. The van der Waals surface area contributed by atoms with Crippen molar-refractivity contribution in [1.29, 1.82) is 0 Å². The quantitative estimate of drug-likeness (QED) is 0.650. The molecule has 0 aromatic carbocycles. The average molecular weight is 207 g/mol. The van der Waals surface area contributed by atoms with Gasteiger partial charge in [-0.15, -0.1) is 0 Å². The van der Waals surface area contributed by atoms with Crippen LogP contribution in [0.1, 0.15) is 47.5 Å². The van der Waals surface area contributed by atoms with Crippen LogP contribution < -0.4 is 0 Å². The van der Waals surface area contributed by atoms with Crippen LogP contribution in [0.25, 0.3) is 0 Å². The number of hydrogen-bond donors (Lipinski definition) is 0. The summed E-state index contributed by atoms with van der Waals surface area (Å²) in [7, 11) is 0. The highest BCUT2D eigenvalue weighted by Crippen LogP contribution is 2.62. The number of carbonyl (C=O) groups is 1. The van der Waals surface area contributed by atoms with Crippen LogP contribution >= 0.6 is 0 Å². The molecule has 2 rings (SSSR count). The zero-order valence-electron chi connectivity index (χ0n) is 10.4. The minimum atomic E-state index is -0.147. The first-order valence-electron chi connectivity index (χ1n) is 5.93. The lowest BCUT2D eigenvalue weighted by atomic mass is 9.70. The van der Waals surface area contributed by atoms with E-state index in [1.807, 2.05) is 13.8 Å². The minimum absolute atomic E-state index is 0.109. The molecule has 2 atom stereocenters. The maximum Gasteiger partial charge on any atom is 0.183 e. The minimum Gasteiger partial charge on any atom is -0.292 e. The van der Waals surface area contributed by atoms with Crippen LogP contribution in [-0.2, 0) is 4.79 Å². The van der Waals surface area contributed by atoms with Gasteiger partial charge in [0.25, 0.3) is 0 Å². The highest BCUT2D eigenvalue weighted by Gasteiger charge is 2.64. The van der Waals surface area contributed by atoms with E-state index in [-0.39, 0.29) is 16.9 Å². The summed E-state index contributed by atoms with van der Waals surface area (Å²) in [6.07, 6.45) is 2.18. The van der Waals surface area contributed by atoms with Gasteiger partial charge in [-0.05, 0) is 32.1 Å². The SMILES string of the molecule is CC(C)N=C1C(=O)[C@]2(C)CC[C@H]1C2(C)C. The number of hydrogen-bond acceptors (Lipinski definition) is 2. The topological polar surface area (TPSA) is 29.4 Å². The molecule has 15 heavy (non-hydrogen) atoms. The van der Waals surface area contributed by atoms with E-state index < -0.39 is 0 Å². The Morgan fingerprint density at radius 3 is 2.33 bits per heavy atom. The lowest BCUT2D eigenvalue weighted by molar-refractivity contribution is -0.123. The molecule has 0 saturated heterocycles. The summed E-state index contributed by atoms with van der Waals surface area (Å²) in [6, 6.07) is 0.239. The number of fused-ring (bicyclic) bond motifs is 2. The maximum atomic E-state index is 12.3. The van der Waals surface area contributed by atoms with Gasteiger partial charge >= 0.3 is 0 Å². The van der Waals surface area contributed by atoms with Gasteiger partial charge < -0.3 is 0 Å². The number of carbonyl (C=O) groups excluding carboxylic acids is 1. The molecule has 2 nitrogen and oxygen atoms in total. The first kappa shape index (κ1) is 10.8. The van der Waals surface area contributed by atoms with E-state index in [0.717, 1.165) is 18.6 Å². The molecule has 0 heterocycles. The van der Waals surface area contributed by atoms with Crippen molar-refractivity contribution in [2.24, 2.45) is 21.7 Å². The summed E-state index contributed by atoms with van der Waals surface area (Å²) in [4.78, 5) is 16.9. The van der Waals surface area contributed by atoms with Crippen molar-refractivity contribution < 1.29 is 4.79 Å². The van der Waals surface area contributed by atoms with Crippen molar-refractivity contribution in [2.45, 2.75) is 53.5 Å². The van der Waals surface area contributed by atoms with Gasteiger partial charge in [0.1, 0.15) is 0 Å². The standard InChI is InChI=1S/C13H21NO/c1-8(2)14-10-9-6-7-13(5,11(10)15)12(9,3)4/h8-9H,6-7H2,1-5H3/t9-,13+/m1/s1. The number of ketones is 1. The molecule has 0 amide bonds. The highest BCUT2D eigenvalue weighted by atomic mass is 16.1.